The molecule has 0 spiro atoms. The monoisotopic (exact) mass is 353 g/mol. The highest BCUT2D eigenvalue weighted by Gasteiger charge is 2.19. The average Bonchev–Trinajstić information content (AvgIpc) is 3.14. The molecule has 0 bridgehead atoms. The summed E-state index contributed by atoms with van der Waals surface area (Å²) in [5.74, 6) is 0.462. The number of anilines is 1. The SMILES string of the molecule is N#Cc1cccc2scc(-c3c(NS(=O)O)[nH]c4ccccc34)c12. The quantitative estimate of drug-likeness (QED) is 0.475. The van der Waals surface area contributed by atoms with E-state index in [0.717, 1.165) is 32.1 Å². The Balaban J connectivity index is 2.10. The average molecular weight is 353 g/mol. The molecule has 2 aromatic carbocycles. The minimum atomic E-state index is -2.20. The molecular weight excluding hydrogens is 342 g/mol. The third-order valence-electron chi connectivity index (χ3n) is 3.88. The van der Waals surface area contributed by atoms with Gasteiger partial charge in [0.1, 0.15) is 5.82 Å². The maximum Gasteiger partial charge on any atom is 0.260 e. The number of aromatic nitrogens is 1. The predicted octanol–water partition coefficient (Wildman–Crippen LogP) is 4.47. The van der Waals surface area contributed by atoms with E-state index in [2.05, 4.69) is 15.8 Å². The van der Waals surface area contributed by atoms with Gasteiger partial charge in [-0.25, -0.2) is 4.21 Å². The summed E-state index contributed by atoms with van der Waals surface area (Å²) in [5.41, 5.74) is 3.11. The third-order valence-corrected chi connectivity index (χ3v) is 5.21. The van der Waals surface area contributed by atoms with E-state index >= 15 is 0 Å². The van der Waals surface area contributed by atoms with Gasteiger partial charge in [-0.2, -0.15) is 5.26 Å². The number of H-pyrrole nitrogens is 1. The first-order valence-electron chi connectivity index (χ1n) is 7.08. The molecule has 24 heavy (non-hydrogen) atoms. The molecule has 4 aromatic rings. The Kier molecular flexibility index (Phi) is 3.58. The summed E-state index contributed by atoms with van der Waals surface area (Å²) < 4.78 is 24.1. The molecule has 0 aliphatic rings. The van der Waals surface area contributed by atoms with Gasteiger partial charge in [0.2, 0.25) is 0 Å². The van der Waals surface area contributed by atoms with E-state index in [1.165, 1.54) is 0 Å². The van der Waals surface area contributed by atoms with E-state index in [0.29, 0.717) is 11.4 Å². The fraction of sp³-hybridized carbons (Fsp3) is 0. The molecule has 7 heteroatoms. The number of thiophene rings is 1. The maximum absolute atomic E-state index is 11.3. The highest BCUT2D eigenvalue weighted by atomic mass is 32.2. The van der Waals surface area contributed by atoms with E-state index in [1.54, 1.807) is 17.4 Å². The summed E-state index contributed by atoms with van der Waals surface area (Å²) in [4.78, 5) is 3.14. The minimum absolute atomic E-state index is 0.462. The Morgan fingerprint density at radius 1 is 1.21 bits per heavy atom. The van der Waals surface area contributed by atoms with Crippen LogP contribution in [0.4, 0.5) is 5.82 Å². The molecule has 4 rings (SSSR count). The lowest BCUT2D eigenvalue weighted by Crippen LogP contribution is -2.03. The van der Waals surface area contributed by atoms with Crippen molar-refractivity contribution < 1.29 is 8.76 Å². The van der Waals surface area contributed by atoms with E-state index in [-0.39, 0.29) is 0 Å². The van der Waals surface area contributed by atoms with E-state index in [9.17, 15) is 14.0 Å². The number of nitrogens with zero attached hydrogens (tertiary/aromatic N) is 1. The molecule has 1 atom stereocenters. The Morgan fingerprint density at radius 3 is 2.83 bits per heavy atom. The van der Waals surface area contributed by atoms with E-state index in [4.69, 9.17) is 0 Å². The topological polar surface area (TPSA) is 88.9 Å². The van der Waals surface area contributed by atoms with Crippen molar-refractivity contribution in [2.24, 2.45) is 0 Å². The molecule has 2 aromatic heterocycles. The molecule has 0 amide bonds. The number of fused-ring (bicyclic) bond motifs is 2. The normalized spacial score (nSPS) is 12.3. The maximum atomic E-state index is 11.3. The second-order valence-corrected chi connectivity index (χ2v) is 6.83. The summed E-state index contributed by atoms with van der Waals surface area (Å²) in [6, 6.07) is 15.5. The number of rotatable bonds is 3. The lowest BCUT2D eigenvalue weighted by atomic mass is 10.00. The first kappa shape index (κ1) is 14.9. The number of nitrogens with one attached hydrogen (secondary N) is 2. The van der Waals surface area contributed by atoms with Crippen molar-refractivity contribution in [3.8, 4) is 17.2 Å². The van der Waals surface area contributed by atoms with Gasteiger partial charge in [0, 0.05) is 37.5 Å². The molecular formula is C17H11N3O2S2. The van der Waals surface area contributed by atoms with Crippen LogP contribution in [0.3, 0.4) is 0 Å². The lowest BCUT2D eigenvalue weighted by Gasteiger charge is -2.05. The van der Waals surface area contributed by atoms with Crippen LogP contribution in [0.25, 0.3) is 32.1 Å². The molecule has 5 nitrogen and oxygen atoms in total. The standard InChI is InChI=1S/C17H11N3O2S2/c18-8-10-4-3-7-14-15(10)12(9-23-14)16-11-5-1-2-6-13(11)19-17(16)20-24(21)22/h1-7,9,19-20H,(H,21,22). The zero-order chi connectivity index (χ0) is 16.7. The van der Waals surface area contributed by atoms with Crippen LogP contribution in [0.2, 0.25) is 0 Å². The van der Waals surface area contributed by atoms with Crippen molar-refractivity contribution in [2.75, 3.05) is 4.72 Å². The Morgan fingerprint density at radius 2 is 2.04 bits per heavy atom. The summed E-state index contributed by atoms with van der Waals surface area (Å²) in [7, 11) is 0. The van der Waals surface area contributed by atoms with Crippen molar-refractivity contribution in [2.45, 2.75) is 0 Å². The van der Waals surface area contributed by atoms with Gasteiger partial charge in [-0.3, -0.25) is 9.27 Å². The summed E-state index contributed by atoms with van der Waals surface area (Å²) in [6.45, 7) is 0. The number of hydrogen-bond acceptors (Lipinski definition) is 3. The largest absolute Gasteiger partial charge is 0.340 e. The zero-order valence-corrected chi connectivity index (χ0v) is 13.9. The van der Waals surface area contributed by atoms with Crippen LogP contribution in [0.15, 0.2) is 47.8 Å². The molecule has 0 saturated heterocycles. The molecule has 118 valence electrons. The van der Waals surface area contributed by atoms with Gasteiger partial charge < -0.3 is 4.98 Å². The predicted molar refractivity (Wildman–Crippen MR) is 98.2 cm³/mol. The van der Waals surface area contributed by atoms with Crippen molar-refractivity contribution in [1.82, 2.24) is 4.98 Å². The summed E-state index contributed by atoms with van der Waals surface area (Å²) >= 11 is -0.652. The van der Waals surface area contributed by atoms with Crippen LogP contribution in [0.5, 0.6) is 0 Å². The Bertz CT molecular complexity index is 1140. The number of hydrogen-bond donors (Lipinski definition) is 3. The van der Waals surface area contributed by atoms with Gasteiger partial charge >= 0.3 is 0 Å². The van der Waals surface area contributed by atoms with Crippen LogP contribution in [0, 0.1) is 11.3 Å². The van der Waals surface area contributed by atoms with E-state index < -0.39 is 11.3 Å². The highest BCUT2D eigenvalue weighted by molar-refractivity contribution is 7.80. The van der Waals surface area contributed by atoms with Gasteiger partial charge in [-0.1, -0.05) is 24.3 Å². The van der Waals surface area contributed by atoms with Crippen LogP contribution in [-0.4, -0.2) is 13.7 Å². The molecule has 0 saturated carbocycles. The van der Waals surface area contributed by atoms with Gasteiger partial charge in [-0.15, -0.1) is 11.3 Å². The molecule has 3 N–H and O–H groups in total. The molecule has 0 fully saturated rings. The van der Waals surface area contributed by atoms with Gasteiger partial charge in [0.15, 0.2) is 0 Å². The van der Waals surface area contributed by atoms with Crippen LogP contribution in [-0.2, 0) is 11.3 Å². The van der Waals surface area contributed by atoms with E-state index in [1.807, 2.05) is 41.8 Å². The molecule has 0 aliphatic carbocycles. The molecule has 2 heterocycles. The highest BCUT2D eigenvalue weighted by Crippen LogP contribution is 2.43. The minimum Gasteiger partial charge on any atom is -0.340 e. The lowest BCUT2D eigenvalue weighted by molar-refractivity contribution is 0.570. The van der Waals surface area contributed by atoms with Crippen molar-refractivity contribution in [3.63, 3.8) is 0 Å². The number of benzene rings is 2. The number of nitriles is 1. The van der Waals surface area contributed by atoms with Crippen molar-refractivity contribution in [3.05, 3.63) is 53.4 Å². The summed E-state index contributed by atoms with van der Waals surface area (Å²) in [6.07, 6.45) is 0. The molecule has 0 aliphatic heterocycles. The van der Waals surface area contributed by atoms with Gasteiger partial charge in [-0.05, 0) is 18.2 Å². The zero-order valence-electron chi connectivity index (χ0n) is 12.2. The fourth-order valence-corrected chi connectivity index (χ4v) is 4.25. The third kappa shape index (κ3) is 2.29. The second-order valence-electron chi connectivity index (χ2n) is 5.21. The van der Waals surface area contributed by atoms with Gasteiger partial charge in [0.25, 0.3) is 11.3 Å². The first-order chi connectivity index (χ1) is 11.7. The van der Waals surface area contributed by atoms with Crippen molar-refractivity contribution in [1.29, 1.82) is 5.26 Å². The fourth-order valence-electron chi connectivity index (χ4n) is 2.95. The van der Waals surface area contributed by atoms with Crippen molar-refractivity contribution >= 4 is 49.4 Å². The van der Waals surface area contributed by atoms with Crippen LogP contribution in [0.1, 0.15) is 5.56 Å². The summed E-state index contributed by atoms with van der Waals surface area (Å²) in [5, 5.41) is 13.2. The number of aromatic amines is 1. The second kappa shape index (κ2) is 5.76. The Labute approximate surface area is 144 Å². The number of para-hydroxylation sites is 1. The smallest absolute Gasteiger partial charge is 0.260 e. The van der Waals surface area contributed by atoms with Crippen LogP contribution < -0.4 is 4.72 Å². The van der Waals surface area contributed by atoms with Gasteiger partial charge in [0.05, 0.1) is 11.6 Å². The molecule has 0 radical (unpaired) electrons. The van der Waals surface area contributed by atoms with Crippen LogP contribution >= 0.6 is 11.3 Å². The molecule has 1 unspecified atom stereocenters. The Hall–Kier alpha value is -2.66. The first-order valence-corrected chi connectivity index (χ1v) is 9.06.